The highest BCUT2D eigenvalue weighted by atomic mass is 79.9. The summed E-state index contributed by atoms with van der Waals surface area (Å²) in [6, 6.07) is 15.3. The summed E-state index contributed by atoms with van der Waals surface area (Å²) in [4.78, 5) is 16.3. The zero-order valence-corrected chi connectivity index (χ0v) is 17.7. The number of halogens is 1. The molecule has 142 valence electrons. The Balaban J connectivity index is 1.52. The third-order valence-electron chi connectivity index (χ3n) is 4.79. The lowest BCUT2D eigenvalue weighted by atomic mass is 10.2. The summed E-state index contributed by atoms with van der Waals surface area (Å²) >= 11 is 8.61. The molecule has 1 saturated heterocycles. The van der Waals surface area contributed by atoms with Crippen molar-refractivity contribution in [2.24, 2.45) is 0 Å². The standard InChI is InChI=1S/C20H23BrN4OS/c1-2-24-11-13-25(14-12-24)18-9-7-17(8-10-18)22-20(27)23-19(26)15-3-5-16(21)6-4-15/h3-10H,2,11-14H2,1H3,(H2,22,23,26,27)/p+1. The number of hydrogen-bond donors (Lipinski definition) is 3. The van der Waals surface area contributed by atoms with E-state index >= 15 is 0 Å². The molecule has 1 heterocycles. The second kappa shape index (κ2) is 9.30. The summed E-state index contributed by atoms with van der Waals surface area (Å²) in [5.74, 6) is -0.229. The molecule has 0 bridgehead atoms. The second-order valence-corrected chi connectivity index (χ2v) is 7.88. The number of likely N-dealkylation sites (N-methyl/N-ethyl adjacent to an activating group) is 1. The summed E-state index contributed by atoms with van der Waals surface area (Å²) in [5, 5.41) is 6.06. The van der Waals surface area contributed by atoms with Gasteiger partial charge in [0, 0.05) is 21.4 Å². The summed E-state index contributed by atoms with van der Waals surface area (Å²) in [6.45, 7) is 7.96. The quantitative estimate of drug-likeness (QED) is 0.629. The molecule has 2 aromatic rings. The van der Waals surface area contributed by atoms with Gasteiger partial charge in [-0.05, 0) is 67.7 Å². The highest BCUT2D eigenvalue weighted by Crippen LogP contribution is 2.18. The van der Waals surface area contributed by atoms with Crippen LogP contribution in [0.3, 0.4) is 0 Å². The van der Waals surface area contributed by atoms with Crippen LogP contribution in [0.2, 0.25) is 0 Å². The van der Waals surface area contributed by atoms with Gasteiger partial charge in [0.2, 0.25) is 0 Å². The monoisotopic (exact) mass is 447 g/mol. The van der Waals surface area contributed by atoms with Crippen LogP contribution in [0.1, 0.15) is 17.3 Å². The number of anilines is 2. The molecule has 2 aromatic carbocycles. The molecule has 1 aliphatic rings. The van der Waals surface area contributed by atoms with Crippen LogP contribution in [0.15, 0.2) is 53.0 Å². The molecule has 0 atom stereocenters. The van der Waals surface area contributed by atoms with Crippen molar-refractivity contribution in [1.29, 1.82) is 0 Å². The van der Waals surface area contributed by atoms with Gasteiger partial charge in [-0.3, -0.25) is 10.1 Å². The Kier molecular flexibility index (Phi) is 6.82. The van der Waals surface area contributed by atoms with Crippen molar-refractivity contribution in [3.8, 4) is 0 Å². The predicted molar refractivity (Wildman–Crippen MR) is 118 cm³/mol. The van der Waals surface area contributed by atoms with E-state index in [1.807, 2.05) is 24.3 Å². The molecule has 3 N–H and O–H groups in total. The number of carbonyl (C=O) groups is 1. The van der Waals surface area contributed by atoms with Crippen LogP contribution in [-0.2, 0) is 0 Å². The number of thiocarbonyl (C=S) groups is 1. The van der Waals surface area contributed by atoms with Crippen molar-refractivity contribution >= 4 is 50.5 Å². The van der Waals surface area contributed by atoms with Gasteiger partial charge in [-0.25, -0.2) is 0 Å². The molecule has 0 radical (unpaired) electrons. The maximum atomic E-state index is 12.2. The highest BCUT2D eigenvalue weighted by molar-refractivity contribution is 9.10. The Bertz CT molecular complexity index is 787. The Hall–Kier alpha value is -1.96. The topological polar surface area (TPSA) is 48.8 Å². The molecule has 0 aliphatic carbocycles. The lowest BCUT2D eigenvalue weighted by Gasteiger charge is -2.33. The smallest absolute Gasteiger partial charge is 0.257 e. The van der Waals surface area contributed by atoms with Gasteiger partial charge in [-0.1, -0.05) is 15.9 Å². The van der Waals surface area contributed by atoms with Crippen molar-refractivity contribution in [2.75, 3.05) is 42.9 Å². The maximum Gasteiger partial charge on any atom is 0.257 e. The lowest BCUT2D eigenvalue weighted by Crippen LogP contribution is -3.14. The van der Waals surface area contributed by atoms with Crippen molar-refractivity contribution in [2.45, 2.75) is 6.92 Å². The number of nitrogens with zero attached hydrogens (tertiary/aromatic N) is 1. The Labute approximate surface area is 173 Å². The van der Waals surface area contributed by atoms with Crippen LogP contribution in [-0.4, -0.2) is 43.7 Å². The molecule has 0 unspecified atom stereocenters. The lowest BCUT2D eigenvalue weighted by molar-refractivity contribution is -0.898. The Morgan fingerprint density at radius 2 is 1.74 bits per heavy atom. The first kappa shape index (κ1) is 19.8. The molecular formula is C20H24BrN4OS+. The average Bonchev–Trinajstić information content (AvgIpc) is 2.69. The van der Waals surface area contributed by atoms with E-state index in [0.717, 1.165) is 23.2 Å². The third-order valence-corrected chi connectivity index (χ3v) is 5.53. The average molecular weight is 448 g/mol. The first-order valence-corrected chi connectivity index (χ1v) is 10.3. The van der Waals surface area contributed by atoms with Crippen molar-refractivity contribution < 1.29 is 9.69 Å². The number of amides is 1. The number of nitrogens with one attached hydrogen (secondary N) is 3. The van der Waals surface area contributed by atoms with Crippen LogP contribution in [0, 0.1) is 0 Å². The van der Waals surface area contributed by atoms with E-state index in [2.05, 4.69) is 50.5 Å². The van der Waals surface area contributed by atoms with Crippen molar-refractivity contribution in [3.05, 3.63) is 58.6 Å². The van der Waals surface area contributed by atoms with E-state index in [9.17, 15) is 4.79 Å². The minimum absolute atomic E-state index is 0.229. The van der Waals surface area contributed by atoms with Gasteiger partial charge in [0.1, 0.15) is 0 Å². The molecule has 0 saturated carbocycles. The molecule has 1 amide bonds. The van der Waals surface area contributed by atoms with Gasteiger partial charge in [0.15, 0.2) is 5.11 Å². The zero-order chi connectivity index (χ0) is 19.2. The number of carbonyl (C=O) groups excluding carboxylic acids is 1. The number of quaternary nitrogens is 1. The van der Waals surface area contributed by atoms with Gasteiger partial charge in [-0.15, -0.1) is 0 Å². The van der Waals surface area contributed by atoms with Gasteiger partial charge in [0.25, 0.3) is 5.91 Å². The minimum Gasteiger partial charge on any atom is -0.360 e. The Morgan fingerprint density at radius 3 is 2.33 bits per heavy atom. The van der Waals surface area contributed by atoms with Crippen molar-refractivity contribution in [1.82, 2.24) is 5.32 Å². The molecule has 27 heavy (non-hydrogen) atoms. The number of rotatable bonds is 4. The van der Waals surface area contributed by atoms with Gasteiger partial charge in [0.05, 0.1) is 32.7 Å². The van der Waals surface area contributed by atoms with Crippen molar-refractivity contribution in [3.63, 3.8) is 0 Å². The molecule has 5 nitrogen and oxygen atoms in total. The van der Waals surface area contributed by atoms with Crippen LogP contribution in [0.4, 0.5) is 11.4 Å². The Morgan fingerprint density at radius 1 is 1.11 bits per heavy atom. The molecule has 7 heteroatoms. The number of piperazine rings is 1. The maximum absolute atomic E-state index is 12.2. The molecule has 0 spiro atoms. The molecule has 3 rings (SSSR count). The number of hydrogen-bond acceptors (Lipinski definition) is 3. The highest BCUT2D eigenvalue weighted by Gasteiger charge is 2.18. The van der Waals surface area contributed by atoms with E-state index in [1.54, 1.807) is 17.0 Å². The molecule has 1 aliphatic heterocycles. The fraction of sp³-hybridized carbons (Fsp3) is 0.300. The summed E-state index contributed by atoms with van der Waals surface area (Å²) in [6.07, 6.45) is 0. The zero-order valence-electron chi connectivity index (χ0n) is 15.3. The fourth-order valence-corrected chi connectivity index (χ4v) is 3.60. The summed E-state index contributed by atoms with van der Waals surface area (Å²) in [5.41, 5.74) is 2.64. The predicted octanol–water partition coefficient (Wildman–Crippen LogP) is 2.30. The molecular weight excluding hydrogens is 424 g/mol. The van der Waals surface area contributed by atoms with E-state index in [0.29, 0.717) is 5.56 Å². The van der Waals surface area contributed by atoms with Crippen LogP contribution in [0.25, 0.3) is 0 Å². The van der Waals surface area contributed by atoms with Crippen LogP contribution < -0.4 is 20.4 Å². The van der Waals surface area contributed by atoms with Crippen LogP contribution in [0.5, 0.6) is 0 Å². The van der Waals surface area contributed by atoms with Gasteiger partial charge >= 0.3 is 0 Å². The summed E-state index contributed by atoms with van der Waals surface area (Å²) < 4.78 is 0.928. The molecule has 0 aromatic heterocycles. The largest absolute Gasteiger partial charge is 0.360 e. The van der Waals surface area contributed by atoms with E-state index in [4.69, 9.17) is 12.2 Å². The van der Waals surface area contributed by atoms with Crippen LogP contribution >= 0.6 is 28.1 Å². The first-order valence-electron chi connectivity index (χ1n) is 9.11. The minimum atomic E-state index is -0.229. The summed E-state index contributed by atoms with van der Waals surface area (Å²) in [7, 11) is 0. The van der Waals surface area contributed by atoms with E-state index in [-0.39, 0.29) is 11.0 Å². The second-order valence-electron chi connectivity index (χ2n) is 6.55. The first-order chi connectivity index (χ1) is 13.0. The molecule has 1 fully saturated rings. The van der Waals surface area contributed by atoms with Gasteiger partial charge < -0.3 is 15.1 Å². The normalized spacial score (nSPS) is 14.7. The van der Waals surface area contributed by atoms with E-state index < -0.39 is 0 Å². The SMILES string of the molecule is CC[NH+]1CCN(c2ccc(NC(=S)NC(=O)c3ccc(Br)cc3)cc2)CC1. The van der Waals surface area contributed by atoms with Gasteiger partial charge in [-0.2, -0.15) is 0 Å². The van der Waals surface area contributed by atoms with E-state index in [1.165, 1.54) is 25.3 Å². The fourth-order valence-electron chi connectivity index (χ4n) is 3.13. The number of benzene rings is 2. The third kappa shape index (κ3) is 5.51.